The number of anilines is 1. The fourth-order valence-corrected chi connectivity index (χ4v) is 2.99. The molecule has 0 saturated carbocycles. The third kappa shape index (κ3) is 3.51. The first-order valence-electron chi connectivity index (χ1n) is 8.60. The minimum atomic E-state index is -4.48. The molecule has 3 aromatic rings. The maximum absolute atomic E-state index is 13.1. The standard InChI is InChI=1S/C19H19F3N4O/c1-4-23-18-24-11(3)14-10-15(17(27)26(5-2)16(14)25-18)12-7-6-8-13(9-12)19(20,21)22/h6-10H,4-5H2,1-3H3,(H,23,24,25). The Morgan fingerprint density at radius 2 is 1.89 bits per heavy atom. The lowest BCUT2D eigenvalue weighted by Crippen LogP contribution is -2.23. The summed E-state index contributed by atoms with van der Waals surface area (Å²) in [5, 5.41) is 3.65. The van der Waals surface area contributed by atoms with Crippen LogP contribution in [0.3, 0.4) is 0 Å². The van der Waals surface area contributed by atoms with Gasteiger partial charge in [-0.25, -0.2) is 4.98 Å². The van der Waals surface area contributed by atoms with Gasteiger partial charge in [-0.2, -0.15) is 18.2 Å². The van der Waals surface area contributed by atoms with Gasteiger partial charge in [0.15, 0.2) is 0 Å². The molecule has 0 fully saturated rings. The highest BCUT2D eigenvalue weighted by Gasteiger charge is 2.30. The van der Waals surface area contributed by atoms with Crippen molar-refractivity contribution in [2.75, 3.05) is 11.9 Å². The van der Waals surface area contributed by atoms with Crippen LogP contribution < -0.4 is 10.9 Å². The molecule has 0 atom stereocenters. The minimum absolute atomic E-state index is 0.193. The molecular formula is C19H19F3N4O. The highest BCUT2D eigenvalue weighted by atomic mass is 19.4. The summed E-state index contributed by atoms with van der Waals surface area (Å²) in [4.78, 5) is 21.7. The van der Waals surface area contributed by atoms with Crippen molar-refractivity contribution in [2.45, 2.75) is 33.5 Å². The molecule has 0 amide bonds. The van der Waals surface area contributed by atoms with E-state index in [4.69, 9.17) is 0 Å². The predicted octanol–water partition coefficient (Wildman–Crippen LogP) is 4.24. The summed E-state index contributed by atoms with van der Waals surface area (Å²) < 4.78 is 40.6. The zero-order valence-corrected chi connectivity index (χ0v) is 15.2. The Morgan fingerprint density at radius 1 is 1.15 bits per heavy atom. The van der Waals surface area contributed by atoms with Gasteiger partial charge >= 0.3 is 6.18 Å². The molecule has 3 rings (SSSR count). The third-order valence-corrected chi connectivity index (χ3v) is 4.29. The second-order valence-corrected chi connectivity index (χ2v) is 6.09. The molecule has 0 saturated heterocycles. The van der Waals surface area contributed by atoms with Crippen LogP contribution in [0, 0.1) is 6.92 Å². The molecule has 1 aromatic carbocycles. The van der Waals surface area contributed by atoms with Crippen LogP contribution in [-0.2, 0) is 12.7 Å². The largest absolute Gasteiger partial charge is 0.416 e. The van der Waals surface area contributed by atoms with E-state index in [1.165, 1.54) is 16.7 Å². The molecule has 0 spiro atoms. The van der Waals surface area contributed by atoms with Crippen LogP contribution in [0.15, 0.2) is 35.1 Å². The van der Waals surface area contributed by atoms with Gasteiger partial charge in [0.1, 0.15) is 5.65 Å². The van der Waals surface area contributed by atoms with Crippen molar-refractivity contribution in [2.24, 2.45) is 0 Å². The number of nitrogens with one attached hydrogen (secondary N) is 1. The predicted molar refractivity (Wildman–Crippen MR) is 98.8 cm³/mol. The van der Waals surface area contributed by atoms with Crippen LogP contribution in [0.1, 0.15) is 25.1 Å². The summed E-state index contributed by atoms with van der Waals surface area (Å²) in [7, 11) is 0. The summed E-state index contributed by atoms with van der Waals surface area (Å²) in [6.07, 6.45) is -4.48. The maximum Gasteiger partial charge on any atom is 0.416 e. The topological polar surface area (TPSA) is 59.8 Å². The Morgan fingerprint density at radius 3 is 2.52 bits per heavy atom. The number of hydrogen-bond donors (Lipinski definition) is 1. The van der Waals surface area contributed by atoms with Gasteiger partial charge in [-0.1, -0.05) is 12.1 Å². The Hall–Kier alpha value is -2.90. The zero-order valence-electron chi connectivity index (χ0n) is 15.2. The van der Waals surface area contributed by atoms with E-state index >= 15 is 0 Å². The fourth-order valence-electron chi connectivity index (χ4n) is 2.99. The SMILES string of the molecule is CCNc1nc(C)c2cc(-c3cccc(C(F)(F)F)c3)c(=O)n(CC)c2n1. The van der Waals surface area contributed by atoms with Crippen LogP contribution >= 0.6 is 0 Å². The molecule has 5 nitrogen and oxygen atoms in total. The summed E-state index contributed by atoms with van der Waals surface area (Å²) in [5.41, 5.74) is 0.336. The van der Waals surface area contributed by atoms with Gasteiger partial charge in [0.2, 0.25) is 5.95 Å². The number of hydrogen-bond acceptors (Lipinski definition) is 4. The number of fused-ring (bicyclic) bond motifs is 1. The van der Waals surface area contributed by atoms with E-state index in [9.17, 15) is 18.0 Å². The Bertz CT molecular complexity index is 1060. The quantitative estimate of drug-likeness (QED) is 0.740. The monoisotopic (exact) mass is 376 g/mol. The van der Waals surface area contributed by atoms with E-state index in [1.807, 2.05) is 6.92 Å². The van der Waals surface area contributed by atoms with E-state index < -0.39 is 11.7 Å². The number of alkyl halides is 3. The molecule has 142 valence electrons. The second-order valence-electron chi connectivity index (χ2n) is 6.09. The van der Waals surface area contributed by atoms with Gasteiger partial charge in [-0.05, 0) is 44.5 Å². The number of rotatable bonds is 4. The number of halogens is 3. The molecule has 0 unspecified atom stereocenters. The average molecular weight is 376 g/mol. The van der Waals surface area contributed by atoms with Crippen LogP contribution in [0.5, 0.6) is 0 Å². The third-order valence-electron chi connectivity index (χ3n) is 4.29. The number of aryl methyl sites for hydroxylation is 2. The van der Waals surface area contributed by atoms with Crippen molar-refractivity contribution in [1.29, 1.82) is 0 Å². The average Bonchev–Trinajstić information content (AvgIpc) is 2.61. The molecule has 2 aromatic heterocycles. The molecular weight excluding hydrogens is 357 g/mol. The number of nitrogens with zero attached hydrogens (tertiary/aromatic N) is 3. The number of pyridine rings is 1. The first-order chi connectivity index (χ1) is 12.8. The second kappa shape index (κ2) is 7.02. The summed E-state index contributed by atoms with van der Waals surface area (Å²) >= 11 is 0. The minimum Gasteiger partial charge on any atom is -0.354 e. The molecule has 0 aliphatic heterocycles. The van der Waals surface area contributed by atoms with Crippen LogP contribution in [0.25, 0.3) is 22.2 Å². The molecule has 27 heavy (non-hydrogen) atoms. The van der Waals surface area contributed by atoms with Gasteiger partial charge in [-0.3, -0.25) is 9.36 Å². The Balaban J connectivity index is 2.30. The Kier molecular flexibility index (Phi) is 4.91. The van der Waals surface area contributed by atoms with E-state index in [-0.39, 0.29) is 16.7 Å². The van der Waals surface area contributed by atoms with Crippen LogP contribution in [-0.4, -0.2) is 21.1 Å². The molecule has 0 bridgehead atoms. The molecule has 1 N–H and O–H groups in total. The van der Waals surface area contributed by atoms with Gasteiger partial charge in [0.25, 0.3) is 5.56 Å². The van der Waals surface area contributed by atoms with Crippen molar-refractivity contribution in [3.05, 3.63) is 51.9 Å². The van der Waals surface area contributed by atoms with E-state index in [0.717, 1.165) is 12.1 Å². The molecule has 0 radical (unpaired) electrons. The molecule has 0 aliphatic rings. The van der Waals surface area contributed by atoms with Crippen LogP contribution in [0.4, 0.5) is 19.1 Å². The van der Waals surface area contributed by atoms with Crippen molar-refractivity contribution in [1.82, 2.24) is 14.5 Å². The van der Waals surface area contributed by atoms with Gasteiger partial charge in [-0.15, -0.1) is 0 Å². The summed E-state index contributed by atoms with van der Waals surface area (Å²) in [6.45, 7) is 6.45. The van der Waals surface area contributed by atoms with E-state index in [1.54, 1.807) is 19.9 Å². The van der Waals surface area contributed by atoms with Crippen molar-refractivity contribution in [3.8, 4) is 11.1 Å². The van der Waals surface area contributed by atoms with E-state index in [2.05, 4.69) is 15.3 Å². The maximum atomic E-state index is 13.1. The molecule has 8 heteroatoms. The highest BCUT2D eigenvalue weighted by molar-refractivity contribution is 5.84. The van der Waals surface area contributed by atoms with Crippen LogP contribution in [0.2, 0.25) is 0 Å². The van der Waals surface area contributed by atoms with Crippen molar-refractivity contribution >= 4 is 17.0 Å². The lowest BCUT2D eigenvalue weighted by Gasteiger charge is -2.14. The van der Waals surface area contributed by atoms with Gasteiger partial charge < -0.3 is 5.32 Å². The molecule has 2 heterocycles. The first-order valence-corrected chi connectivity index (χ1v) is 8.60. The first kappa shape index (κ1) is 18.9. The lowest BCUT2D eigenvalue weighted by atomic mass is 10.0. The Labute approximate surface area is 153 Å². The fraction of sp³-hybridized carbons (Fsp3) is 0.316. The highest BCUT2D eigenvalue weighted by Crippen LogP contribution is 2.32. The molecule has 0 aliphatic carbocycles. The smallest absolute Gasteiger partial charge is 0.354 e. The van der Waals surface area contributed by atoms with Crippen molar-refractivity contribution in [3.63, 3.8) is 0 Å². The number of aromatic nitrogens is 3. The van der Waals surface area contributed by atoms with Crippen molar-refractivity contribution < 1.29 is 13.2 Å². The van der Waals surface area contributed by atoms with Gasteiger partial charge in [0, 0.05) is 24.0 Å². The van der Waals surface area contributed by atoms with Gasteiger partial charge in [0.05, 0.1) is 11.3 Å². The normalized spacial score (nSPS) is 11.8. The number of benzene rings is 1. The lowest BCUT2D eigenvalue weighted by molar-refractivity contribution is -0.137. The zero-order chi connectivity index (χ0) is 19.8. The summed E-state index contributed by atoms with van der Waals surface area (Å²) in [5.74, 6) is 0.413. The summed E-state index contributed by atoms with van der Waals surface area (Å²) in [6, 6.07) is 6.35. The van der Waals surface area contributed by atoms with E-state index in [0.29, 0.717) is 35.8 Å².